The fraction of sp³-hybridized carbons (Fsp3) is 0.783. The van der Waals surface area contributed by atoms with Crippen molar-refractivity contribution in [1.29, 1.82) is 0 Å². The average molecular weight is 399 g/mol. The van der Waals surface area contributed by atoms with Gasteiger partial charge in [0.2, 0.25) is 0 Å². The normalized spacial score (nSPS) is 13.9. The van der Waals surface area contributed by atoms with Gasteiger partial charge in [0.05, 0.1) is 0 Å². The number of unbranched alkanes of at least 4 members (excludes halogenated alkanes) is 4. The minimum absolute atomic E-state index is 0.102. The standard InChI is InChI=1S/C23H42O5/c1-5-9-13-15-19-21(17-11-7-3)25-27-23(24)28-26-22(18-12-8-4)20-16-14-10-6-2/h5-6,9-10,21-22H,7-8,11-20H2,1-4H3/b9-5-,10-6-. The molecule has 0 heterocycles. The van der Waals surface area contributed by atoms with Crippen molar-refractivity contribution < 1.29 is 24.3 Å². The summed E-state index contributed by atoms with van der Waals surface area (Å²) in [6.07, 6.45) is 18.9. The Bertz CT molecular complexity index is 370. The van der Waals surface area contributed by atoms with E-state index in [4.69, 9.17) is 19.6 Å². The first-order valence-corrected chi connectivity index (χ1v) is 11.1. The molecular formula is C23H42O5. The maximum absolute atomic E-state index is 11.8. The van der Waals surface area contributed by atoms with Crippen LogP contribution in [0.1, 0.15) is 105 Å². The highest BCUT2D eigenvalue weighted by Crippen LogP contribution is 2.16. The Hall–Kier alpha value is -1.33. The van der Waals surface area contributed by atoms with Crippen molar-refractivity contribution in [2.24, 2.45) is 0 Å². The van der Waals surface area contributed by atoms with Crippen LogP contribution >= 0.6 is 0 Å². The first-order valence-electron chi connectivity index (χ1n) is 11.1. The lowest BCUT2D eigenvalue weighted by Gasteiger charge is -2.17. The molecule has 0 amide bonds. The molecule has 0 aromatic rings. The van der Waals surface area contributed by atoms with E-state index in [0.717, 1.165) is 77.0 Å². The van der Waals surface area contributed by atoms with Gasteiger partial charge in [-0.15, -0.1) is 0 Å². The lowest BCUT2D eigenvalue weighted by Crippen LogP contribution is -2.20. The van der Waals surface area contributed by atoms with Crippen LogP contribution in [0.3, 0.4) is 0 Å². The van der Waals surface area contributed by atoms with E-state index < -0.39 is 6.16 Å². The highest BCUT2D eigenvalue weighted by molar-refractivity contribution is 5.58. The van der Waals surface area contributed by atoms with Crippen molar-refractivity contribution in [3.8, 4) is 0 Å². The zero-order chi connectivity index (χ0) is 20.9. The molecule has 0 bridgehead atoms. The van der Waals surface area contributed by atoms with Crippen LogP contribution < -0.4 is 0 Å². The molecule has 0 saturated heterocycles. The highest BCUT2D eigenvalue weighted by atomic mass is 17.3. The molecule has 5 nitrogen and oxygen atoms in total. The van der Waals surface area contributed by atoms with Crippen LogP contribution in [0.25, 0.3) is 0 Å². The van der Waals surface area contributed by atoms with Gasteiger partial charge in [-0.2, -0.15) is 14.6 Å². The van der Waals surface area contributed by atoms with Gasteiger partial charge >= 0.3 is 6.16 Å². The molecule has 2 atom stereocenters. The van der Waals surface area contributed by atoms with Crippen molar-refractivity contribution in [3.05, 3.63) is 24.3 Å². The summed E-state index contributed by atoms with van der Waals surface area (Å²) in [4.78, 5) is 32.2. The summed E-state index contributed by atoms with van der Waals surface area (Å²) in [6.45, 7) is 8.29. The van der Waals surface area contributed by atoms with Crippen LogP contribution in [-0.4, -0.2) is 18.4 Å². The number of carbonyl (C=O) groups is 1. The minimum atomic E-state index is -0.926. The third-order valence-electron chi connectivity index (χ3n) is 4.53. The van der Waals surface area contributed by atoms with Crippen molar-refractivity contribution in [2.45, 2.75) is 117 Å². The van der Waals surface area contributed by atoms with Gasteiger partial charge in [0.15, 0.2) is 0 Å². The van der Waals surface area contributed by atoms with E-state index in [9.17, 15) is 4.79 Å². The van der Waals surface area contributed by atoms with Gasteiger partial charge < -0.3 is 0 Å². The molecule has 0 fully saturated rings. The second-order valence-electron chi connectivity index (χ2n) is 7.14. The van der Waals surface area contributed by atoms with E-state index >= 15 is 0 Å². The molecule has 5 heteroatoms. The quantitative estimate of drug-likeness (QED) is 0.103. The van der Waals surface area contributed by atoms with Crippen LogP contribution in [0, 0.1) is 0 Å². The largest absolute Gasteiger partial charge is 0.573 e. The molecule has 0 aliphatic heterocycles. The average Bonchev–Trinajstić information content (AvgIpc) is 2.71. The van der Waals surface area contributed by atoms with E-state index in [0.29, 0.717) is 0 Å². The summed E-state index contributed by atoms with van der Waals surface area (Å²) in [7, 11) is 0. The lowest BCUT2D eigenvalue weighted by molar-refractivity contribution is -0.349. The fourth-order valence-electron chi connectivity index (χ4n) is 2.83. The maximum atomic E-state index is 11.8. The summed E-state index contributed by atoms with van der Waals surface area (Å²) in [5.41, 5.74) is 0. The van der Waals surface area contributed by atoms with E-state index in [1.807, 2.05) is 26.0 Å². The monoisotopic (exact) mass is 398 g/mol. The van der Waals surface area contributed by atoms with Gasteiger partial charge in [-0.3, -0.25) is 9.78 Å². The second-order valence-corrected chi connectivity index (χ2v) is 7.14. The maximum Gasteiger partial charge on any atom is 0.573 e. The Morgan fingerprint density at radius 2 is 1.11 bits per heavy atom. The van der Waals surface area contributed by atoms with Crippen LogP contribution in [0.15, 0.2) is 24.3 Å². The van der Waals surface area contributed by atoms with E-state index in [2.05, 4.69) is 26.0 Å². The van der Waals surface area contributed by atoms with Crippen molar-refractivity contribution in [2.75, 3.05) is 0 Å². The van der Waals surface area contributed by atoms with Gasteiger partial charge in [-0.25, -0.2) is 0 Å². The SMILES string of the molecule is C/C=C\CCCC(CCCC)OOC(=O)OOC(CCCC)CCC/C=C\C. The van der Waals surface area contributed by atoms with Gasteiger partial charge in [0.25, 0.3) is 0 Å². The zero-order valence-electron chi connectivity index (χ0n) is 18.5. The smallest absolute Gasteiger partial charge is 0.257 e. The van der Waals surface area contributed by atoms with Crippen LogP contribution in [0.5, 0.6) is 0 Å². The molecule has 0 aliphatic carbocycles. The molecule has 28 heavy (non-hydrogen) atoms. The summed E-state index contributed by atoms with van der Waals surface area (Å²) < 4.78 is 0. The first-order chi connectivity index (χ1) is 13.7. The predicted octanol–water partition coefficient (Wildman–Crippen LogP) is 7.61. The number of allylic oxidation sites excluding steroid dienone is 4. The van der Waals surface area contributed by atoms with Crippen LogP contribution in [0.2, 0.25) is 0 Å². The molecule has 0 N–H and O–H groups in total. The van der Waals surface area contributed by atoms with E-state index in [1.165, 1.54) is 0 Å². The van der Waals surface area contributed by atoms with Crippen molar-refractivity contribution in [1.82, 2.24) is 0 Å². The van der Waals surface area contributed by atoms with Crippen molar-refractivity contribution in [3.63, 3.8) is 0 Å². The minimum Gasteiger partial charge on any atom is -0.257 e. The van der Waals surface area contributed by atoms with Gasteiger partial charge in [-0.1, -0.05) is 63.8 Å². The summed E-state index contributed by atoms with van der Waals surface area (Å²) in [6, 6.07) is 0. The van der Waals surface area contributed by atoms with Crippen LogP contribution in [0.4, 0.5) is 4.79 Å². The molecular weight excluding hydrogens is 356 g/mol. The van der Waals surface area contributed by atoms with Gasteiger partial charge in [0, 0.05) is 0 Å². The molecule has 164 valence electrons. The number of rotatable bonds is 18. The number of hydrogen-bond donors (Lipinski definition) is 0. The molecule has 0 spiro atoms. The Kier molecular flexibility index (Phi) is 19.4. The molecule has 0 aromatic heterocycles. The summed E-state index contributed by atoms with van der Waals surface area (Å²) in [5, 5.41) is 0. The van der Waals surface area contributed by atoms with E-state index in [1.54, 1.807) is 0 Å². The number of hydrogen-bond acceptors (Lipinski definition) is 5. The zero-order valence-corrected chi connectivity index (χ0v) is 18.5. The molecule has 0 radical (unpaired) electrons. The Morgan fingerprint density at radius 3 is 1.46 bits per heavy atom. The third kappa shape index (κ3) is 16.8. The lowest BCUT2D eigenvalue weighted by atomic mass is 10.1. The van der Waals surface area contributed by atoms with E-state index in [-0.39, 0.29) is 12.2 Å². The number of carbonyl (C=O) groups excluding carboxylic acids is 1. The summed E-state index contributed by atoms with van der Waals surface area (Å²) >= 11 is 0. The molecule has 2 unspecified atom stereocenters. The van der Waals surface area contributed by atoms with Gasteiger partial charge in [-0.05, 0) is 65.2 Å². The fourth-order valence-corrected chi connectivity index (χ4v) is 2.83. The van der Waals surface area contributed by atoms with Crippen molar-refractivity contribution >= 4 is 6.16 Å². The molecule has 0 rings (SSSR count). The Labute approximate surface area is 172 Å². The van der Waals surface area contributed by atoms with Gasteiger partial charge in [0.1, 0.15) is 12.2 Å². The Balaban J connectivity index is 4.23. The highest BCUT2D eigenvalue weighted by Gasteiger charge is 2.17. The predicted molar refractivity (Wildman–Crippen MR) is 114 cm³/mol. The van der Waals surface area contributed by atoms with Crippen LogP contribution in [-0.2, 0) is 19.6 Å². The Morgan fingerprint density at radius 1 is 0.714 bits per heavy atom. The molecule has 0 saturated carbocycles. The topological polar surface area (TPSA) is 54.0 Å². The molecule has 0 aromatic carbocycles. The second kappa shape index (κ2) is 20.4. The molecule has 0 aliphatic rings. The first kappa shape index (κ1) is 26.7. The summed E-state index contributed by atoms with van der Waals surface area (Å²) in [5.74, 6) is 0. The third-order valence-corrected chi connectivity index (χ3v) is 4.53.